The number of alkyl halides is 6. The minimum absolute atomic E-state index is 0.169. The molecule has 0 spiro atoms. The summed E-state index contributed by atoms with van der Waals surface area (Å²) >= 11 is 0. The highest BCUT2D eigenvalue weighted by Crippen LogP contribution is 2.39. The summed E-state index contributed by atoms with van der Waals surface area (Å²) in [5.41, 5.74) is -2.71. The van der Waals surface area contributed by atoms with Gasteiger partial charge < -0.3 is 10.6 Å². The van der Waals surface area contributed by atoms with Crippen LogP contribution in [0.3, 0.4) is 0 Å². The molecular formula is C12H12F6N2. The minimum Gasteiger partial charge on any atom is -0.314 e. The summed E-state index contributed by atoms with van der Waals surface area (Å²) in [6, 6.07) is 1.10. The summed E-state index contributed by atoms with van der Waals surface area (Å²) in [5.74, 6) is 0. The molecule has 1 aromatic carbocycles. The molecule has 1 aliphatic heterocycles. The molecule has 2 rings (SSSR count). The van der Waals surface area contributed by atoms with Gasteiger partial charge in [0.25, 0.3) is 0 Å². The number of piperazine rings is 1. The van der Waals surface area contributed by atoms with E-state index in [1.165, 1.54) is 0 Å². The lowest BCUT2D eigenvalue weighted by atomic mass is 9.96. The standard InChI is InChI=1S/C12H12F6N2/c13-11(14,15)7-1-2-8(9(5-7)12(16,17)18)10-6-19-3-4-20-10/h1-2,5,10,19-20H,3-4,6H2/t10-/m0/s1. The fraction of sp³-hybridized carbons (Fsp3) is 0.500. The van der Waals surface area contributed by atoms with Crippen molar-refractivity contribution in [2.24, 2.45) is 0 Å². The van der Waals surface area contributed by atoms with Crippen molar-refractivity contribution in [3.63, 3.8) is 0 Å². The molecule has 20 heavy (non-hydrogen) atoms. The van der Waals surface area contributed by atoms with E-state index in [1.54, 1.807) is 0 Å². The van der Waals surface area contributed by atoms with Crippen molar-refractivity contribution in [2.75, 3.05) is 19.6 Å². The van der Waals surface area contributed by atoms with E-state index in [0.29, 0.717) is 19.2 Å². The van der Waals surface area contributed by atoms with Gasteiger partial charge in [-0.25, -0.2) is 0 Å². The number of hydrogen-bond donors (Lipinski definition) is 2. The Kier molecular flexibility index (Phi) is 3.97. The van der Waals surface area contributed by atoms with Crippen LogP contribution in [0.2, 0.25) is 0 Å². The summed E-state index contributed by atoms with van der Waals surface area (Å²) in [6.07, 6.45) is -9.62. The normalized spacial score (nSPS) is 21.0. The Morgan fingerprint density at radius 1 is 0.950 bits per heavy atom. The Labute approximate surface area is 111 Å². The number of rotatable bonds is 1. The van der Waals surface area contributed by atoms with E-state index in [0.717, 1.165) is 6.07 Å². The van der Waals surface area contributed by atoms with E-state index in [1.807, 2.05) is 0 Å². The maximum absolute atomic E-state index is 13.0. The van der Waals surface area contributed by atoms with Crippen molar-refractivity contribution in [2.45, 2.75) is 18.4 Å². The number of halogens is 6. The van der Waals surface area contributed by atoms with Crippen molar-refractivity contribution < 1.29 is 26.3 Å². The maximum Gasteiger partial charge on any atom is 0.416 e. The molecule has 112 valence electrons. The molecule has 1 saturated heterocycles. The zero-order chi connectivity index (χ0) is 15.0. The number of nitrogens with one attached hydrogen (secondary N) is 2. The van der Waals surface area contributed by atoms with Crippen LogP contribution in [-0.4, -0.2) is 19.6 Å². The SMILES string of the molecule is FC(F)(F)c1ccc([C@@H]2CNCCN2)c(C(F)(F)F)c1. The Balaban J connectivity index is 2.45. The van der Waals surface area contributed by atoms with Crippen LogP contribution < -0.4 is 10.6 Å². The van der Waals surface area contributed by atoms with E-state index < -0.39 is 29.5 Å². The number of hydrogen-bond acceptors (Lipinski definition) is 2. The Morgan fingerprint density at radius 2 is 1.65 bits per heavy atom. The van der Waals surface area contributed by atoms with Crippen LogP contribution in [0.4, 0.5) is 26.3 Å². The molecule has 0 unspecified atom stereocenters. The zero-order valence-electron chi connectivity index (χ0n) is 10.2. The fourth-order valence-electron chi connectivity index (χ4n) is 2.16. The molecule has 2 N–H and O–H groups in total. The van der Waals surface area contributed by atoms with E-state index in [9.17, 15) is 26.3 Å². The van der Waals surface area contributed by atoms with Gasteiger partial charge in [0.2, 0.25) is 0 Å². The Bertz CT molecular complexity index is 474. The van der Waals surface area contributed by atoms with Gasteiger partial charge in [-0.15, -0.1) is 0 Å². The van der Waals surface area contributed by atoms with Crippen LogP contribution >= 0.6 is 0 Å². The van der Waals surface area contributed by atoms with E-state index in [4.69, 9.17) is 0 Å². The van der Waals surface area contributed by atoms with Gasteiger partial charge in [0, 0.05) is 25.7 Å². The van der Waals surface area contributed by atoms with Crippen molar-refractivity contribution >= 4 is 0 Å². The number of benzene rings is 1. The van der Waals surface area contributed by atoms with Gasteiger partial charge in [-0.3, -0.25) is 0 Å². The molecule has 1 heterocycles. The van der Waals surface area contributed by atoms with E-state index in [2.05, 4.69) is 10.6 Å². The van der Waals surface area contributed by atoms with Crippen LogP contribution in [0.1, 0.15) is 22.7 Å². The zero-order valence-corrected chi connectivity index (χ0v) is 10.2. The maximum atomic E-state index is 13.0. The topological polar surface area (TPSA) is 24.1 Å². The molecule has 0 aromatic heterocycles. The molecule has 0 saturated carbocycles. The highest BCUT2D eigenvalue weighted by atomic mass is 19.4. The highest BCUT2D eigenvalue weighted by molar-refractivity contribution is 5.38. The van der Waals surface area contributed by atoms with Crippen molar-refractivity contribution in [1.82, 2.24) is 10.6 Å². The van der Waals surface area contributed by atoms with Gasteiger partial charge in [-0.05, 0) is 17.7 Å². The summed E-state index contributed by atoms with van der Waals surface area (Å²) < 4.78 is 76.5. The average Bonchev–Trinajstić information content (AvgIpc) is 2.37. The van der Waals surface area contributed by atoms with Crippen LogP contribution in [0.15, 0.2) is 18.2 Å². The van der Waals surface area contributed by atoms with Crippen molar-refractivity contribution in [3.05, 3.63) is 34.9 Å². The smallest absolute Gasteiger partial charge is 0.314 e. The third kappa shape index (κ3) is 3.24. The summed E-state index contributed by atoms with van der Waals surface area (Å²) in [5, 5.41) is 5.77. The van der Waals surface area contributed by atoms with Crippen molar-refractivity contribution in [3.8, 4) is 0 Å². The second kappa shape index (κ2) is 5.25. The van der Waals surface area contributed by atoms with E-state index in [-0.39, 0.29) is 18.2 Å². The molecular weight excluding hydrogens is 286 g/mol. The molecule has 0 amide bonds. The quantitative estimate of drug-likeness (QED) is 0.779. The molecule has 0 radical (unpaired) electrons. The third-order valence-electron chi connectivity index (χ3n) is 3.10. The van der Waals surface area contributed by atoms with Gasteiger partial charge in [0.15, 0.2) is 0 Å². The second-order valence-electron chi connectivity index (χ2n) is 4.51. The van der Waals surface area contributed by atoms with Gasteiger partial charge in [0.1, 0.15) is 0 Å². The molecule has 1 fully saturated rings. The lowest BCUT2D eigenvalue weighted by Gasteiger charge is -2.27. The summed E-state index contributed by atoms with van der Waals surface area (Å²) in [4.78, 5) is 0. The first-order valence-corrected chi connectivity index (χ1v) is 5.92. The van der Waals surface area contributed by atoms with Gasteiger partial charge in [0.05, 0.1) is 11.1 Å². The average molecular weight is 298 g/mol. The molecule has 1 aliphatic rings. The van der Waals surface area contributed by atoms with E-state index >= 15 is 0 Å². The lowest BCUT2D eigenvalue weighted by Crippen LogP contribution is -2.43. The van der Waals surface area contributed by atoms with Gasteiger partial charge >= 0.3 is 12.4 Å². The first kappa shape index (κ1) is 15.1. The largest absolute Gasteiger partial charge is 0.416 e. The highest BCUT2D eigenvalue weighted by Gasteiger charge is 2.39. The minimum atomic E-state index is -4.82. The first-order chi connectivity index (χ1) is 9.19. The summed E-state index contributed by atoms with van der Waals surface area (Å²) in [6.45, 7) is 1.32. The summed E-state index contributed by atoms with van der Waals surface area (Å²) in [7, 11) is 0. The predicted molar refractivity (Wildman–Crippen MR) is 60.1 cm³/mol. The van der Waals surface area contributed by atoms with Gasteiger partial charge in [-0.2, -0.15) is 26.3 Å². The molecule has 0 bridgehead atoms. The first-order valence-electron chi connectivity index (χ1n) is 5.92. The fourth-order valence-corrected chi connectivity index (χ4v) is 2.16. The monoisotopic (exact) mass is 298 g/mol. The van der Waals surface area contributed by atoms with Crippen LogP contribution in [-0.2, 0) is 12.4 Å². The Hall–Kier alpha value is -1.28. The molecule has 2 nitrogen and oxygen atoms in total. The molecule has 1 atom stereocenters. The molecule has 1 aromatic rings. The third-order valence-corrected chi connectivity index (χ3v) is 3.10. The van der Waals surface area contributed by atoms with Gasteiger partial charge in [-0.1, -0.05) is 6.07 Å². The van der Waals surface area contributed by atoms with Crippen LogP contribution in [0.5, 0.6) is 0 Å². The van der Waals surface area contributed by atoms with Crippen LogP contribution in [0, 0.1) is 0 Å². The lowest BCUT2D eigenvalue weighted by molar-refractivity contribution is -0.143. The molecule has 0 aliphatic carbocycles. The Morgan fingerprint density at radius 3 is 2.15 bits per heavy atom. The van der Waals surface area contributed by atoms with Crippen LogP contribution in [0.25, 0.3) is 0 Å². The second-order valence-corrected chi connectivity index (χ2v) is 4.51. The molecule has 8 heteroatoms. The predicted octanol–water partition coefficient (Wildman–Crippen LogP) is 2.96. The van der Waals surface area contributed by atoms with Crippen molar-refractivity contribution in [1.29, 1.82) is 0 Å².